The van der Waals surface area contributed by atoms with Gasteiger partial charge in [-0.3, -0.25) is 4.79 Å². The van der Waals surface area contributed by atoms with Crippen LogP contribution < -0.4 is 0 Å². The third-order valence-electron chi connectivity index (χ3n) is 3.61. The van der Waals surface area contributed by atoms with Gasteiger partial charge in [-0.1, -0.05) is 13.3 Å². The number of unbranched alkanes of at least 4 members (excludes halogenated alkanes) is 1. The zero-order valence-electron chi connectivity index (χ0n) is 11.7. The van der Waals surface area contributed by atoms with Gasteiger partial charge in [-0.2, -0.15) is 13.2 Å². The highest BCUT2D eigenvalue weighted by Gasteiger charge is 2.43. The highest BCUT2D eigenvalue weighted by atomic mass is 19.4. The molecule has 0 atom stereocenters. The molecule has 1 saturated heterocycles. The summed E-state index contributed by atoms with van der Waals surface area (Å²) in [5.41, 5.74) is 0. The third kappa shape index (κ3) is 5.38. The molecule has 1 heterocycles. The largest absolute Gasteiger partial charge is 0.471 e. The van der Waals surface area contributed by atoms with Gasteiger partial charge >= 0.3 is 12.1 Å². The molecule has 0 radical (unpaired) electrons. The summed E-state index contributed by atoms with van der Waals surface area (Å²) in [5, 5.41) is 0. The number of hydrogen-bond acceptors (Lipinski definition) is 2. The van der Waals surface area contributed by atoms with Gasteiger partial charge < -0.3 is 9.80 Å². The van der Waals surface area contributed by atoms with Crippen molar-refractivity contribution in [2.24, 2.45) is 5.92 Å². The molecule has 1 rings (SSSR count). The van der Waals surface area contributed by atoms with Crippen LogP contribution in [-0.2, 0) is 4.79 Å². The van der Waals surface area contributed by atoms with Gasteiger partial charge in [0.15, 0.2) is 0 Å². The normalized spacial score (nSPS) is 18.1. The minimum Gasteiger partial charge on any atom is -0.335 e. The highest BCUT2D eigenvalue weighted by Crippen LogP contribution is 2.24. The first-order valence-electron chi connectivity index (χ1n) is 6.89. The van der Waals surface area contributed by atoms with Gasteiger partial charge in [0.2, 0.25) is 0 Å². The first kappa shape index (κ1) is 16.3. The van der Waals surface area contributed by atoms with Crippen LogP contribution in [-0.4, -0.2) is 55.1 Å². The second-order valence-electron chi connectivity index (χ2n) is 5.35. The van der Waals surface area contributed by atoms with Crippen molar-refractivity contribution < 1.29 is 18.0 Å². The molecule has 0 aromatic rings. The topological polar surface area (TPSA) is 23.6 Å². The minimum absolute atomic E-state index is 0.227. The monoisotopic (exact) mass is 280 g/mol. The van der Waals surface area contributed by atoms with E-state index in [0.29, 0.717) is 18.8 Å². The zero-order chi connectivity index (χ0) is 14.5. The van der Waals surface area contributed by atoms with Gasteiger partial charge in [0.1, 0.15) is 0 Å². The average Bonchev–Trinajstić information content (AvgIpc) is 2.35. The second kappa shape index (κ2) is 7.12. The van der Waals surface area contributed by atoms with E-state index in [1.165, 1.54) is 0 Å². The molecule has 0 bridgehead atoms. The number of halogens is 3. The molecule has 1 amide bonds. The lowest BCUT2D eigenvalue weighted by Crippen LogP contribution is -2.46. The lowest BCUT2D eigenvalue weighted by molar-refractivity contribution is -0.186. The standard InChI is InChI=1S/C13H23F3N2O/c1-3-4-7-17(2)10-11-5-8-18(9-6-11)12(19)13(14,15)16/h11H,3-10H2,1-2H3. The van der Waals surface area contributed by atoms with E-state index in [2.05, 4.69) is 11.8 Å². The maximum atomic E-state index is 12.3. The number of piperidine rings is 1. The van der Waals surface area contributed by atoms with Crippen LogP contribution in [0.4, 0.5) is 13.2 Å². The Morgan fingerprint density at radius 1 is 1.32 bits per heavy atom. The fourth-order valence-corrected chi connectivity index (χ4v) is 2.46. The fraction of sp³-hybridized carbons (Fsp3) is 0.923. The molecule has 0 aromatic heterocycles. The Balaban J connectivity index is 2.31. The number of likely N-dealkylation sites (tertiary alicyclic amines) is 1. The molecule has 0 aliphatic carbocycles. The molecular formula is C13H23F3N2O. The van der Waals surface area contributed by atoms with Crippen molar-refractivity contribution in [3.63, 3.8) is 0 Å². The summed E-state index contributed by atoms with van der Waals surface area (Å²) in [5.74, 6) is -1.29. The molecule has 0 N–H and O–H groups in total. The van der Waals surface area contributed by atoms with Crippen LogP contribution in [0, 0.1) is 5.92 Å². The summed E-state index contributed by atoms with van der Waals surface area (Å²) in [7, 11) is 2.04. The summed E-state index contributed by atoms with van der Waals surface area (Å²) in [6.45, 7) is 4.52. The summed E-state index contributed by atoms with van der Waals surface area (Å²) >= 11 is 0. The quantitative estimate of drug-likeness (QED) is 0.772. The van der Waals surface area contributed by atoms with Crippen molar-refractivity contribution in [3.8, 4) is 0 Å². The molecule has 1 aliphatic heterocycles. The van der Waals surface area contributed by atoms with Gasteiger partial charge in [-0.25, -0.2) is 0 Å². The SMILES string of the molecule is CCCCN(C)CC1CCN(C(=O)C(F)(F)F)CC1. The smallest absolute Gasteiger partial charge is 0.335 e. The number of rotatable bonds is 5. The van der Waals surface area contributed by atoms with Gasteiger partial charge in [0.25, 0.3) is 0 Å². The Morgan fingerprint density at radius 3 is 2.37 bits per heavy atom. The number of amides is 1. The van der Waals surface area contributed by atoms with Gasteiger partial charge in [-0.15, -0.1) is 0 Å². The molecular weight excluding hydrogens is 257 g/mol. The Kier molecular flexibility index (Phi) is 6.10. The van der Waals surface area contributed by atoms with E-state index in [-0.39, 0.29) is 13.1 Å². The minimum atomic E-state index is -4.73. The fourth-order valence-electron chi connectivity index (χ4n) is 2.46. The van der Waals surface area contributed by atoms with Crippen molar-refractivity contribution in [2.75, 3.05) is 33.2 Å². The van der Waals surface area contributed by atoms with Gasteiger partial charge in [0, 0.05) is 19.6 Å². The lowest BCUT2D eigenvalue weighted by Gasteiger charge is -2.34. The van der Waals surface area contributed by atoms with E-state index >= 15 is 0 Å². The van der Waals surface area contributed by atoms with Crippen LogP contribution >= 0.6 is 0 Å². The summed E-state index contributed by atoms with van der Waals surface area (Å²) < 4.78 is 36.8. The molecule has 112 valence electrons. The molecule has 0 unspecified atom stereocenters. The van der Waals surface area contributed by atoms with Crippen LogP contribution in [0.3, 0.4) is 0 Å². The van der Waals surface area contributed by atoms with Crippen molar-refractivity contribution in [2.45, 2.75) is 38.8 Å². The lowest BCUT2D eigenvalue weighted by atomic mass is 9.96. The summed E-state index contributed by atoms with van der Waals surface area (Å²) in [4.78, 5) is 14.2. The predicted octanol–water partition coefficient (Wildman–Crippen LogP) is 2.52. The van der Waals surface area contributed by atoms with E-state index < -0.39 is 12.1 Å². The Hall–Kier alpha value is -0.780. The molecule has 1 aliphatic rings. The summed E-state index contributed by atoms with van der Waals surface area (Å²) in [6.07, 6.45) is -1.12. The zero-order valence-corrected chi connectivity index (χ0v) is 11.7. The number of carbonyl (C=O) groups excluding carboxylic acids is 1. The van der Waals surface area contributed by atoms with Crippen molar-refractivity contribution >= 4 is 5.91 Å². The van der Waals surface area contributed by atoms with Crippen molar-refractivity contribution in [3.05, 3.63) is 0 Å². The van der Waals surface area contributed by atoms with E-state index in [1.54, 1.807) is 0 Å². The maximum Gasteiger partial charge on any atom is 0.471 e. The highest BCUT2D eigenvalue weighted by molar-refractivity contribution is 5.81. The maximum absolute atomic E-state index is 12.3. The Morgan fingerprint density at radius 2 is 1.89 bits per heavy atom. The molecule has 3 nitrogen and oxygen atoms in total. The molecule has 0 spiro atoms. The first-order chi connectivity index (χ1) is 8.84. The van der Waals surface area contributed by atoms with E-state index in [4.69, 9.17) is 0 Å². The van der Waals surface area contributed by atoms with E-state index in [0.717, 1.165) is 30.8 Å². The van der Waals surface area contributed by atoms with E-state index in [9.17, 15) is 18.0 Å². The molecule has 19 heavy (non-hydrogen) atoms. The van der Waals surface area contributed by atoms with Crippen molar-refractivity contribution in [1.29, 1.82) is 0 Å². The first-order valence-corrected chi connectivity index (χ1v) is 6.89. The van der Waals surface area contributed by atoms with Crippen LogP contribution in [0.5, 0.6) is 0 Å². The predicted molar refractivity (Wildman–Crippen MR) is 67.8 cm³/mol. The van der Waals surface area contributed by atoms with Crippen LogP contribution in [0.1, 0.15) is 32.6 Å². The van der Waals surface area contributed by atoms with Crippen molar-refractivity contribution in [1.82, 2.24) is 9.80 Å². The average molecular weight is 280 g/mol. The number of carbonyl (C=O) groups is 1. The molecule has 1 fully saturated rings. The van der Waals surface area contributed by atoms with Crippen LogP contribution in [0.25, 0.3) is 0 Å². The van der Waals surface area contributed by atoms with E-state index in [1.807, 2.05) is 7.05 Å². The Labute approximate surface area is 112 Å². The Bertz CT molecular complexity index is 286. The van der Waals surface area contributed by atoms with Gasteiger partial charge in [-0.05, 0) is 38.8 Å². The van der Waals surface area contributed by atoms with Gasteiger partial charge in [0.05, 0.1) is 0 Å². The summed E-state index contributed by atoms with van der Waals surface area (Å²) in [6, 6.07) is 0. The number of nitrogens with zero attached hydrogens (tertiary/aromatic N) is 2. The molecule has 6 heteroatoms. The third-order valence-corrected chi connectivity index (χ3v) is 3.61. The number of alkyl halides is 3. The molecule has 0 aromatic carbocycles. The number of hydrogen-bond donors (Lipinski definition) is 0. The molecule has 0 saturated carbocycles. The van der Waals surface area contributed by atoms with Crippen LogP contribution in [0.15, 0.2) is 0 Å². The van der Waals surface area contributed by atoms with Crippen LogP contribution in [0.2, 0.25) is 0 Å². The second-order valence-corrected chi connectivity index (χ2v) is 5.35.